The van der Waals surface area contributed by atoms with Crippen LogP contribution in [0.25, 0.3) is 16.9 Å². The third-order valence-corrected chi connectivity index (χ3v) is 5.78. The van der Waals surface area contributed by atoms with Gasteiger partial charge in [0.2, 0.25) is 0 Å². The number of fused-ring (bicyclic) bond motifs is 1. The predicted molar refractivity (Wildman–Crippen MR) is 119 cm³/mol. The molecule has 33 heavy (non-hydrogen) atoms. The number of nitrogens with one attached hydrogen (secondary N) is 4. The zero-order valence-electron chi connectivity index (χ0n) is 17.2. The smallest absolute Gasteiger partial charge is 0.325 e. The zero-order valence-corrected chi connectivity index (χ0v) is 17.2. The molecule has 0 amide bonds. The second-order valence-corrected chi connectivity index (χ2v) is 7.88. The molecule has 0 spiro atoms. The largest absolute Gasteiger partial charge is 0.379 e. The van der Waals surface area contributed by atoms with Crippen molar-refractivity contribution in [2.24, 2.45) is 0 Å². The number of aromatic amines is 2. The molecule has 1 aliphatic rings. The topological polar surface area (TPSA) is 132 Å². The number of halogens is 2. The molecule has 168 valence electrons. The van der Waals surface area contributed by atoms with Gasteiger partial charge in [-0.25, -0.2) is 23.1 Å². The van der Waals surface area contributed by atoms with Gasteiger partial charge < -0.3 is 15.7 Å². The number of H-pyrrole nitrogens is 2. The van der Waals surface area contributed by atoms with Crippen LogP contribution in [0.4, 0.5) is 14.5 Å². The summed E-state index contributed by atoms with van der Waals surface area (Å²) in [7, 11) is 0. The number of aromatic nitrogens is 5. The van der Waals surface area contributed by atoms with Crippen molar-refractivity contribution in [3.8, 4) is 11.3 Å². The standard InChI is InChI=1S/C22H19F2N7O2/c23-19(24)10-27-17-5-11(1-2-12(17)8-25)13-6-14(13)15-7-18(30-31-4-3-26-20(15)31)16-9-28-22(33)29-21(16)32/h1-5,7-9,13-14,19,25,27H,6,10H2,(H2,28,29,32,33)/t13?,14-/m1/s1. The fourth-order valence-corrected chi connectivity index (χ4v) is 4.12. The lowest BCUT2D eigenvalue weighted by atomic mass is 10.0. The van der Waals surface area contributed by atoms with E-state index in [1.54, 1.807) is 29.0 Å². The van der Waals surface area contributed by atoms with Gasteiger partial charge in [0.1, 0.15) is 0 Å². The summed E-state index contributed by atoms with van der Waals surface area (Å²) >= 11 is 0. The third kappa shape index (κ3) is 3.93. The first-order valence-electron chi connectivity index (χ1n) is 10.3. The molecule has 1 aromatic carbocycles. The molecule has 1 aliphatic carbocycles. The Labute approximate surface area is 185 Å². The minimum Gasteiger partial charge on any atom is -0.379 e. The van der Waals surface area contributed by atoms with Crippen LogP contribution in [0.3, 0.4) is 0 Å². The summed E-state index contributed by atoms with van der Waals surface area (Å²) in [5, 5.41) is 14.7. The third-order valence-electron chi connectivity index (χ3n) is 5.78. The van der Waals surface area contributed by atoms with E-state index in [2.05, 4.69) is 25.4 Å². The number of imidazole rings is 1. The average Bonchev–Trinajstić information content (AvgIpc) is 3.45. The van der Waals surface area contributed by atoms with Crippen molar-refractivity contribution in [3.63, 3.8) is 0 Å². The molecule has 0 radical (unpaired) electrons. The number of rotatable bonds is 7. The van der Waals surface area contributed by atoms with Crippen LogP contribution >= 0.6 is 0 Å². The Morgan fingerprint density at radius 2 is 2.12 bits per heavy atom. The highest BCUT2D eigenvalue weighted by Gasteiger charge is 2.41. The van der Waals surface area contributed by atoms with Crippen molar-refractivity contribution in [1.29, 1.82) is 5.41 Å². The van der Waals surface area contributed by atoms with Gasteiger partial charge in [-0.05, 0) is 36.0 Å². The van der Waals surface area contributed by atoms with Crippen LogP contribution in [0, 0.1) is 5.41 Å². The first-order chi connectivity index (χ1) is 15.9. The van der Waals surface area contributed by atoms with E-state index in [1.165, 1.54) is 6.20 Å². The van der Waals surface area contributed by atoms with Gasteiger partial charge in [-0.1, -0.05) is 12.1 Å². The molecule has 9 nitrogen and oxygen atoms in total. The van der Waals surface area contributed by atoms with Gasteiger partial charge in [-0.3, -0.25) is 9.78 Å². The van der Waals surface area contributed by atoms with Crippen LogP contribution in [0.5, 0.6) is 0 Å². The van der Waals surface area contributed by atoms with Crippen LogP contribution < -0.4 is 16.6 Å². The molecular formula is C22H19F2N7O2. The maximum atomic E-state index is 12.7. The van der Waals surface area contributed by atoms with Crippen molar-refractivity contribution < 1.29 is 8.78 Å². The summed E-state index contributed by atoms with van der Waals surface area (Å²) in [6.07, 6.45) is 4.08. The SMILES string of the molecule is N=Cc1ccc(C2C[C@H]2c2cc(-c3c[nH]c(=O)[nH]c3=O)nn3ccnc23)cc1NCC(F)F. The summed E-state index contributed by atoms with van der Waals surface area (Å²) in [5.41, 5.74) is 3.06. The second kappa shape index (κ2) is 8.08. The molecule has 0 saturated heterocycles. The number of hydrogen-bond acceptors (Lipinski definition) is 6. The Bertz CT molecular complexity index is 1470. The van der Waals surface area contributed by atoms with E-state index in [9.17, 15) is 18.4 Å². The van der Waals surface area contributed by atoms with Gasteiger partial charge in [0.25, 0.3) is 12.0 Å². The van der Waals surface area contributed by atoms with Crippen molar-refractivity contribution >= 4 is 17.5 Å². The van der Waals surface area contributed by atoms with Gasteiger partial charge in [0.15, 0.2) is 5.65 Å². The highest BCUT2D eigenvalue weighted by Crippen LogP contribution is 2.56. The molecule has 3 heterocycles. The number of anilines is 1. The van der Waals surface area contributed by atoms with Gasteiger partial charge in [0, 0.05) is 41.6 Å². The number of alkyl halides is 2. The van der Waals surface area contributed by atoms with E-state index < -0.39 is 24.2 Å². The lowest BCUT2D eigenvalue weighted by Gasteiger charge is -2.12. The number of nitrogens with zero attached hydrogens (tertiary/aromatic N) is 3. The second-order valence-electron chi connectivity index (χ2n) is 7.88. The molecule has 1 unspecified atom stereocenters. The normalized spacial score (nSPS) is 17.4. The minimum absolute atomic E-state index is 0.0901. The molecule has 4 aromatic rings. The summed E-state index contributed by atoms with van der Waals surface area (Å²) < 4.78 is 27.0. The highest BCUT2D eigenvalue weighted by molar-refractivity contribution is 5.86. The Morgan fingerprint density at radius 1 is 1.27 bits per heavy atom. The molecular weight excluding hydrogens is 432 g/mol. The lowest BCUT2D eigenvalue weighted by Crippen LogP contribution is -2.23. The average molecular weight is 451 g/mol. The summed E-state index contributed by atoms with van der Waals surface area (Å²) in [6.45, 7) is -0.492. The number of benzene rings is 1. The molecule has 1 fully saturated rings. The van der Waals surface area contributed by atoms with Gasteiger partial charge >= 0.3 is 5.69 Å². The molecule has 2 atom stereocenters. The molecule has 0 aliphatic heterocycles. The Morgan fingerprint density at radius 3 is 2.88 bits per heavy atom. The zero-order chi connectivity index (χ0) is 23.1. The van der Waals surface area contributed by atoms with Crippen LogP contribution in [0.2, 0.25) is 0 Å². The Kier molecular flexibility index (Phi) is 5.08. The van der Waals surface area contributed by atoms with Crippen LogP contribution in [-0.4, -0.2) is 43.8 Å². The summed E-state index contributed by atoms with van der Waals surface area (Å²) in [4.78, 5) is 32.7. The van der Waals surface area contributed by atoms with Crippen LogP contribution in [-0.2, 0) is 0 Å². The van der Waals surface area contributed by atoms with E-state index in [0.717, 1.165) is 23.8 Å². The maximum absolute atomic E-state index is 12.7. The van der Waals surface area contributed by atoms with E-state index in [1.807, 2.05) is 12.1 Å². The Balaban J connectivity index is 1.51. The van der Waals surface area contributed by atoms with E-state index in [-0.39, 0.29) is 17.4 Å². The number of hydrogen-bond donors (Lipinski definition) is 4. The van der Waals surface area contributed by atoms with Gasteiger partial charge in [-0.2, -0.15) is 5.10 Å². The Hall–Kier alpha value is -4.15. The van der Waals surface area contributed by atoms with Crippen molar-refractivity contribution in [3.05, 3.63) is 80.4 Å². The first kappa shape index (κ1) is 20.7. The monoisotopic (exact) mass is 451 g/mol. The van der Waals surface area contributed by atoms with Gasteiger partial charge in [0.05, 0.1) is 17.8 Å². The molecule has 4 N–H and O–H groups in total. The van der Waals surface area contributed by atoms with Crippen molar-refractivity contribution in [2.75, 3.05) is 11.9 Å². The fourth-order valence-electron chi connectivity index (χ4n) is 4.12. The minimum atomic E-state index is -2.50. The fraction of sp³-hybridized carbons (Fsp3) is 0.227. The van der Waals surface area contributed by atoms with Crippen molar-refractivity contribution in [2.45, 2.75) is 24.7 Å². The molecule has 0 bridgehead atoms. The van der Waals surface area contributed by atoms with Crippen molar-refractivity contribution in [1.82, 2.24) is 24.6 Å². The predicted octanol–water partition coefficient (Wildman–Crippen LogP) is 2.72. The highest BCUT2D eigenvalue weighted by atomic mass is 19.3. The van der Waals surface area contributed by atoms with E-state index in [0.29, 0.717) is 22.6 Å². The summed E-state index contributed by atoms with van der Waals surface area (Å²) in [5.74, 6) is 0.216. The van der Waals surface area contributed by atoms with E-state index in [4.69, 9.17) is 5.41 Å². The quantitative estimate of drug-likeness (QED) is 0.321. The molecule has 3 aromatic heterocycles. The molecule has 1 saturated carbocycles. The summed E-state index contributed by atoms with van der Waals surface area (Å²) in [6, 6.07) is 7.26. The molecule has 5 rings (SSSR count). The lowest BCUT2D eigenvalue weighted by molar-refractivity contribution is 0.163. The first-order valence-corrected chi connectivity index (χ1v) is 10.3. The van der Waals surface area contributed by atoms with E-state index >= 15 is 0 Å². The van der Waals surface area contributed by atoms with Crippen LogP contribution in [0.15, 0.2) is 52.4 Å². The van der Waals surface area contributed by atoms with Crippen LogP contribution in [0.1, 0.15) is 34.9 Å². The molecule has 11 heteroatoms. The maximum Gasteiger partial charge on any atom is 0.325 e. The van der Waals surface area contributed by atoms with Gasteiger partial charge in [-0.15, -0.1) is 0 Å².